The van der Waals surface area contributed by atoms with Gasteiger partial charge in [0.05, 0.1) is 26.4 Å². The van der Waals surface area contributed by atoms with E-state index in [0.29, 0.717) is 50.9 Å². The Morgan fingerprint density at radius 1 is 1.19 bits per heavy atom. The summed E-state index contributed by atoms with van der Waals surface area (Å²) in [4.78, 5) is 12.6. The fourth-order valence-corrected chi connectivity index (χ4v) is 2.54. The van der Waals surface area contributed by atoms with Gasteiger partial charge < -0.3 is 25.8 Å². The molecule has 8 nitrogen and oxygen atoms in total. The minimum Gasteiger partial charge on any atom is -0.382 e. The Balaban J connectivity index is 1.84. The van der Waals surface area contributed by atoms with Gasteiger partial charge in [-0.1, -0.05) is 6.07 Å². The minimum absolute atomic E-state index is 0.178. The Kier molecular flexibility index (Phi) is 8.25. The molecule has 0 saturated carbocycles. The highest BCUT2D eigenvalue weighted by Gasteiger charge is 2.13. The molecule has 0 radical (unpaired) electrons. The van der Waals surface area contributed by atoms with E-state index in [1.165, 1.54) is 0 Å². The molecule has 0 unspecified atom stereocenters. The Morgan fingerprint density at radius 2 is 1.93 bits per heavy atom. The zero-order valence-electron chi connectivity index (χ0n) is 16.2. The maximum Gasteiger partial charge on any atom is 0.257 e. The second-order valence-corrected chi connectivity index (χ2v) is 6.17. The molecule has 2 aromatic rings. The number of hydrogen-bond donors (Lipinski definition) is 3. The van der Waals surface area contributed by atoms with E-state index in [1.54, 1.807) is 10.7 Å². The summed E-state index contributed by atoms with van der Waals surface area (Å²) < 4.78 is 12.5. The quantitative estimate of drug-likeness (QED) is 0.517. The summed E-state index contributed by atoms with van der Waals surface area (Å²) >= 11 is 0. The lowest BCUT2D eigenvalue weighted by molar-refractivity contribution is 0.0548. The van der Waals surface area contributed by atoms with Crippen molar-refractivity contribution in [3.05, 3.63) is 41.1 Å². The molecule has 0 aliphatic rings. The van der Waals surface area contributed by atoms with Gasteiger partial charge in [0.25, 0.3) is 5.91 Å². The Labute approximate surface area is 160 Å². The number of amides is 1. The van der Waals surface area contributed by atoms with E-state index in [0.717, 1.165) is 16.9 Å². The predicted molar refractivity (Wildman–Crippen MR) is 106 cm³/mol. The number of carbonyl (C=O) groups is 1. The minimum atomic E-state index is -0.178. The molecule has 0 fully saturated rings. The molecule has 1 aromatic heterocycles. The molecular formula is C19H29N5O3. The van der Waals surface area contributed by atoms with Crippen molar-refractivity contribution in [1.29, 1.82) is 0 Å². The number of nitrogens with one attached hydrogen (secondary N) is 2. The van der Waals surface area contributed by atoms with Crippen molar-refractivity contribution < 1.29 is 14.3 Å². The predicted octanol–water partition coefficient (Wildman–Crippen LogP) is 1.69. The zero-order valence-corrected chi connectivity index (χ0v) is 16.2. The Hall–Kier alpha value is -2.42. The summed E-state index contributed by atoms with van der Waals surface area (Å²) in [5, 5.41) is 10.4. The van der Waals surface area contributed by atoms with Crippen molar-refractivity contribution in [2.45, 2.75) is 13.8 Å². The van der Waals surface area contributed by atoms with E-state index >= 15 is 0 Å². The van der Waals surface area contributed by atoms with Gasteiger partial charge in [0.1, 0.15) is 0 Å². The summed E-state index contributed by atoms with van der Waals surface area (Å²) in [6, 6.07) is 7.44. The lowest BCUT2D eigenvalue weighted by Gasteiger charge is -2.13. The molecule has 0 aliphatic carbocycles. The summed E-state index contributed by atoms with van der Waals surface area (Å²) in [6.07, 6.45) is 0. The number of anilines is 2. The van der Waals surface area contributed by atoms with Crippen LogP contribution in [0, 0.1) is 13.8 Å². The molecule has 0 spiro atoms. The van der Waals surface area contributed by atoms with E-state index in [1.807, 2.05) is 39.1 Å². The van der Waals surface area contributed by atoms with Crippen molar-refractivity contribution in [3.63, 3.8) is 0 Å². The van der Waals surface area contributed by atoms with Crippen LogP contribution in [0.1, 0.15) is 21.6 Å². The third-order valence-electron chi connectivity index (χ3n) is 4.13. The van der Waals surface area contributed by atoms with Gasteiger partial charge in [-0.05, 0) is 31.5 Å². The molecule has 0 atom stereocenters. The van der Waals surface area contributed by atoms with Crippen LogP contribution >= 0.6 is 0 Å². The van der Waals surface area contributed by atoms with Crippen molar-refractivity contribution >= 4 is 17.4 Å². The van der Waals surface area contributed by atoms with Crippen LogP contribution in [0.5, 0.6) is 0 Å². The van der Waals surface area contributed by atoms with Crippen LogP contribution < -0.4 is 16.4 Å². The van der Waals surface area contributed by atoms with Crippen molar-refractivity contribution in [1.82, 2.24) is 9.78 Å². The van der Waals surface area contributed by atoms with Crippen LogP contribution in [0.4, 0.5) is 11.5 Å². The number of hydrogen-bond acceptors (Lipinski definition) is 6. The SMILES string of the molecule is Cc1c(NCCOCCOCCN)cccc1C(=O)Nc1cc(C)n(C)n1. The van der Waals surface area contributed by atoms with Crippen LogP contribution in [0.15, 0.2) is 24.3 Å². The first-order chi connectivity index (χ1) is 13.0. The van der Waals surface area contributed by atoms with E-state index < -0.39 is 0 Å². The van der Waals surface area contributed by atoms with Gasteiger partial charge >= 0.3 is 0 Å². The van der Waals surface area contributed by atoms with Crippen LogP contribution in [-0.4, -0.2) is 55.2 Å². The van der Waals surface area contributed by atoms with Crippen LogP contribution in [0.2, 0.25) is 0 Å². The third kappa shape index (κ3) is 6.35. The highest BCUT2D eigenvalue weighted by atomic mass is 16.5. The second kappa shape index (κ2) is 10.7. The van der Waals surface area contributed by atoms with Crippen molar-refractivity contribution in [2.24, 2.45) is 12.8 Å². The van der Waals surface area contributed by atoms with Crippen LogP contribution in [0.25, 0.3) is 0 Å². The van der Waals surface area contributed by atoms with Gasteiger partial charge in [0.2, 0.25) is 0 Å². The molecular weight excluding hydrogens is 346 g/mol. The molecule has 27 heavy (non-hydrogen) atoms. The first kappa shape index (κ1) is 20.9. The summed E-state index contributed by atoms with van der Waals surface area (Å²) in [7, 11) is 1.84. The first-order valence-electron chi connectivity index (χ1n) is 9.04. The monoisotopic (exact) mass is 375 g/mol. The smallest absolute Gasteiger partial charge is 0.257 e. The number of aromatic nitrogens is 2. The number of nitrogens with two attached hydrogens (primary N) is 1. The normalized spacial score (nSPS) is 10.8. The standard InChI is InChI=1S/C19H29N5O3/c1-14-13-18(23-24(14)3)22-19(25)16-5-4-6-17(15(16)2)21-8-10-27-12-11-26-9-7-20/h4-6,13,21H,7-12,20H2,1-3H3,(H,22,23,25). The Morgan fingerprint density at radius 3 is 2.59 bits per heavy atom. The molecule has 0 bridgehead atoms. The molecule has 1 amide bonds. The van der Waals surface area contributed by atoms with Gasteiger partial charge in [-0.3, -0.25) is 9.48 Å². The lowest BCUT2D eigenvalue weighted by Crippen LogP contribution is -2.17. The van der Waals surface area contributed by atoms with Gasteiger partial charge in [-0.2, -0.15) is 5.10 Å². The summed E-state index contributed by atoms with van der Waals surface area (Å²) in [5.74, 6) is 0.366. The second-order valence-electron chi connectivity index (χ2n) is 6.17. The number of carbonyl (C=O) groups excluding carboxylic acids is 1. The summed E-state index contributed by atoms with van der Waals surface area (Å²) in [5.41, 5.74) is 8.72. The molecule has 2 rings (SSSR count). The van der Waals surface area contributed by atoms with Crippen molar-refractivity contribution in [3.8, 4) is 0 Å². The first-order valence-corrected chi connectivity index (χ1v) is 9.04. The molecule has 1 heterocycles. The number of rotatable bonds is 11. The fourth-order valence-electron chi connectivity index (χ4n) is 2.54. The molecule has 8 heteroatoms. The van der Waals surface area contributed by atoms with Gasteiger partial charge in [0, 0.05) is 43.1 Å². The lowest BCUT2D eigenvalue weighted by atomic mass is 10.1. The topological polar surface area (TPSA) is 103 Å². The van der Waals surface area contributed by atoms with Gasteiger partial charge in [-0.15, -0.1) is 0 Å². The molecule has 1 aromatic carbocycles. The third-order valence-corrected chi connectivity index (χ3v) is 4.13. The van der Waals surface area contributed by atoms with E-state index in [-0.39, 0.29) is 5.91 Å². The average Bonchev–Trinajstić information content (AvgIpc) is 2.95. The van der Waals surface area contributed by atoms with Crippen LogP contribution in [0.3, 0.4) is 0 Å². The molecule has 4 N–H and O–H groups in total. The molecule has 0 saturated heterocycles. The average molecular weight is 375 g/mol. The van der Waals surface area contributed by atoms with Crippen LogP contribution in [-0.2, 0) is 16.5 Å². The largest absolute Gasteiger partial charge is 0.382 e. The fraction of sp³-hybridized carbons (Fsp3) is 0.474. The highest BCUT2D eigenvalue weighted by Crippen LogP contribution is 2.20. The Bertz CT molecular complexity index is 725. The van der Waals surface area contributed by atoms with Gasteiger partial charge in [0.15, 0.2) is 5.82 Å². The number of nitrogens with zero attached hydrogens (tertiary/aromatic N) is 2. The number of benzene rings is 1. The van der Waals surface area contributed by atoms with E-state index in [9.17, 15) is 4.79 Å². The number of aryl methyl sites for hydroxylation is 2. The van der Waals surface area contributed by atoms with Crippen molar-refractivity contribution in [2.75, 3.05) is 50.2 Å². The zero-order chi connectivity index (χ0) is 19.6. The van der Waals surface area contributed by atoms with E-state index in [4.69, 9.17) is 15.2 Å². The van der Waals surface area contributed by atoms with Gasteiger partial charge in [-0.25, -0.2) is 0 Å². The summed E-state index contributed by atoms with van der Waals surface area (Å²) in [6.45, 7) is 7.19. The molecule has 0 aliphatic heterocycles. The number of ether oxygens (including phenoxy) is 2. The van der Waals surface area contributed by atoms with E-state index in [2.05, 4.69) is 15.7 Å². The molecule has 148 valence electrons. The maximum absolute atomic E-state index is 12.6. The highest BCUT2D eigenvalue weighted by molar-refractivity contribution is 6.05. The maximum atomic E-state index is 12.6.